The Kier molecular flexibility index (Phi) is 2.97. The van der Waals surface area contributed by atoms with Crippen LogP contribution in [-0.4, -0.2) is 18.4 Å². The number of rotatable bonds is 3. The van der Waals surface area contributed by atoms with Crippen LogP contribution in [0.2, 0.25) is 0 Å². The molecule has 2 heterocycles. The number of nitrogens with zero attached hydrogens (tertiary/aromatic N) is 2. The van der Waals surface area contributed by atoms with Gasteiger partial charge in [0.25, 0.3) is 0 Å². The second-order valence-corrected chi connectivity index (χ2v) is 5.69. The molecule has 0 aliphatic carbocycles. The van der Waals surface area contributed by atoms with Crippen molar-refractivity contribution < 1.29 is 12.8 Å². The van der Waals surface area contributed by atoms with Gasteiger partial charge in [0.1, 0.15) is 11.5 Å². The maximum atomic E-state index is 12.0. The van der Waals surface area contributed by atoms with Crippen LogP contribution >= 0.6 is 0 Å². The molecule has 0 aliphatic rings. The molecule has 0 unspecified atom stereocenters. The summed E-state index contributed by atoms with van der Waals surface area (Å²) in [4.78, 5) is 8.01. The fourth-order valence-electron chi connectivity index (χ4n) is 1.38. The number of hydrogen-bond donors (Lipinski definition) is 0. The summed E-state index contributed by atoms with van der Waals surface area (Å²) in [5.41, 5.74) is 0.710. The van der Waals surface area contributed by atoms with E-state index in [9.17, 15) is 8.42 Å². The van der Waals surface area contributed by atoms with E-state index in [-0.39, 0.29) is 16.5 Å². The lowest BCUT2D eigenvalue weighted by molar-refractivity contribution is 0.483. The third kappa shape index (κ3) is 2.52. The van der Waals surface area contributed by atoms with Gasteiger partial charge in [0.05, 0.1) is 10.6 Å². The molecule has 0 amide bonds. The van der Waals surface area contributed by atoms with Crippen molar-refractivity contribution in [2.24, 2.45) is 0 Å². The van der Waals surface area contributed by atoms with Crippen LogP contribution in [0.3, 0.4) is 0 Å². The van der Waals surface area contributed by atoms with Crippen LogP contribution in [0.25, 0.3) is 0 Å². The smallest absolute Gasteiger partial charge is 0.210 e. The summed E-state index contributed by atoms with van der Waals surface area (Å²) in [6.45, 7) is 3.53. The van der Waals surface area contributed by atoms with Crippen LogP contribution in [0.1, 0.15) is 17.3 Å². The number of sulfone groups is 1. The van der Waals surface area contributed by atoms with Crippen LogP contribution in [0.15, 0.2) is 33.8 Å². The van der Waals surface area contributed by atoms with E-state index in [1.807, 2.05) is 0 Å². The minimum absolute atomic E-state index is 0.175. The van der Waals surface area contributed by atoms with E-state index < -0.39 is 9.84 Å². The summed E-state index contributed by atoms with van der Waals surface area (Å²) in [6, 6.07) is 3.09. The molecule has 2 rings (SSSR count). The molecular formula is C11H12N2O3S. The number of pyridine rings is 1. The van der Waals surface area contributed by atoms with Gasteiger partial charge in [-0.1, -0.05) is 0 Å². The predicted molar refractivity (Wildman–Crippen MR) is 61.1 cm³/mol. The second-order valence-electron chi connectivity index (χ2n) is 3.70. The van der Waals surface area contributed by atoms with Crippen molar-refractivity contribution in [3.05, 3.63) is 41.9 Å². The van der Waals surface area contributed by atoms with Crippen molar-refractivity contribution in [3.8, 4) is 0 Å². The van der Waals surface area contributed by atoms with Gasteiger partial charge in [-0.05, 0) is 26.0 Å². The van der Waals surface area contributed by atoms with E-state index in [0.29, 0.717) is 11.5 Å². The molecule has 2 aromatic heterocycles. The van der Waals surface area contributed by atoms with Gasteiger partial charge in [-0.2, -0.15) is 0 Å². The van der Waals surface area contributed by atoms with Gasteiger partial charge in [-0.25, -0.2) is 13.4 Å². The van der Waals surface area contributed by atoms with Crippen LogP contribution in [0.4, 0.5) is 0 Å². The molecule has 0 radical (unpaired) electrons. The minimum atomic E-state index is -3.44. The molecule has 0 bridgehead atoms. The fraction of sp³-hybridized carbons (Fsp3) is 0.273. The molecule has 17 heavy (non-hydrogen) atoms. The molecule has 0 saturated heterocycles. The Morgan fingerprint density at radius 2 is 2.12 bits per heavy atom. The standard InChI is InChI=1S/C11H12N2O3S/c1-8-9(2)16-11(13-8)7-17(14,15)10-4-3-5-12-6-10/h3-6H,7H2,1-2H3. The van der Waals surface area contributed by atoms with Crippen molar-refractivity contribution in [2.75, 3.05) is 0 Å². The van der Waals surface area contributed by atoms with E-state index in [1.165, 1.54) is 18.5 Å². The highest BCUT2D eigenvalue weighted by atomic mass is 32.2. The first-order valence-electron chi connectivity index (χ1n) is 5.05. The van der Waals surface area contributed by atoms with Gasteiger partial charge in [0.15, 0.2) is 9.84 Å². The lowest BCUT2D eigenvalue weighted by Gasteiger charge is -2.00. The van der Waals surface area contributed by atoms with E-state index in [2.05, 4.69) is 9.97 Å². The van der Waals surface area contributed by atoms with Crippen molar-refractivity contribution in [3.63, 3.8) is 0 Å². The largest absolute Gasteiger partial charge is 0.445 e. The van der Waals surface area contributed by atoms with Gasteiger partial charge in [-0.3, -0.25) is 4.98 Å². The van der Waals surface area contributed by atoms with E-state index in [1.54, 1.807) is 19.9 Å². The number of hydrogen-bond acceptors (Lipinski definition) is 5. The highest BCUT2D eigenvalue weighted by Crippen LogP contribution is 2.16. The summed E-state index contributed by atoms with van der Waals surface area (Å²) in [6.07, 6.45) is 2.84. The summed E-state index contributed by atoms with van der Waals surface area (Å²) in [5.74, 6) is 0.609. The van der Waals surface area contributed by atoms with Gasteiger partial charge in [0.2, 0.25) is 5.89 Å². The second kappa shape index (κ2) is 4.29. The molecule has 0 fully saturated rings. The molecular weight excluding hydrogens is 240 g/mol. The maximum Gasteiger partial charge on any atom is 0.210 e. The molecule has 0 aromatic carbocycles. The average molecular weight is 252 g/mol. The first kappa shape index (κ1) is 11.8. The average Bonchev–Trinajstić information content (AvgIpc) is 2.58. The third-order valence-corrected chi connectivity index (χ3v) is 3.97. The van der Waals surface area contributed by atoms with Gasteiger partial charge in [0, 0.05) is 12.4 Å². The highest BCUT2D eigenvalue weighted by molar-refractivity contribution is 7.90. The third-order valence-electron chi connectivity index (χ3n) is 2.38. The Morgan fingerprint density at radius 1 is 1.35 bits per heavy atom. The van der Waals surface area contributed by atoms with Crippen molar-refractivity contribution in [2.45, 2.75) is 24.5 Å². The zero-order valence-corrected chi connectivity index (χ0v) is 10.4. The van der Waals surface area contributed by atoms with Gasteiger partial charge < -0.3 is 4.42 Å². The summed E-state index contributed by atoms with van der Waals surface area (Å²) < 4.78 is 29.2. The highest BCUT2D eigenvalue weighted by Gasteiger charge is 2.19. The van der Waals surface area contributed by atoms with Crippen LogP contribution in [0, 0.1) is 13.8 Å². The lowest BCUT2D eigenvalue weighted by atomic mass is 10.4. The van der Waals surface area contributed by atoms with E-state index in [0.717, 1.165) is 0 Å². The maximum absolute atomic E-state index is 12.0. The Morgan fingerprint density at radius 3 is 2.65 bits per heavy atom. The Bertz CT molecular complexity index is 598. The summed E-state index contributed by atoms with van der Waals surface area (Å²) in [5, 5.41) is 0. The van der Waals surface area contributed by atoms with Crippen LogP contribution < -0.4 is 0 Å². The van der Waals surface area contributed by atoms with Crippen molar-refractivity contribution in [1.82, 2.24) is 9.97 Å². The first-order chi connectivity index (χ1) is 7.99. The molecule has 0 spiro atoms. The Hall–Kier alpha value is -1.69. The predicted octanol–water partition coefficient (Wildman–Crippen LogP) is 1.66. The lowest BCUT2D eigenvalue weighted by Crippen LogP contribution is -2.05. The summed E-state index contributed by atoms with van der Waals surface area (Å²) >= 11 is 0. The fourth-order valence-corrected chi connectivity index (χ4v) is 2.50. The molecule has 6 heteroatoms. The van der Waals surface area contributed by atoms with Crippen molar-refractivity contribution >= 4 is 9.84 Å². The quantitative estimate of drug-likeness (QED) is 0.830. The molecule has 0 N–H and O–H groups in total. The molecule has 90 valence electrons. The van der Waals surface area contributed by atoms with Crippen LogP contribution in [0.5, 0.6) is 0 Å². The normalized spacial score (nSPS) is 11.6. The van der Waals surface area contributed by atoms with E-state index >= 15 is 0 Å². The molecule has 5 nitrogen and oxygen atoms in total. The zero-order valence-electron chi connectivity index (χ0n) is 9.54. The number of oxazole rings is 1. The van der Waals surface area contributed by atoms with Crippen molar-refractivity contribution in [1.29, 1.82) is 0 Å². The van der Waals surface area contributed by atoms with Gasteiger partial charge in [-0.15, -0.1) is 0 Å². The van der Waals surface area contributed by atoms with E-state index in [4.69, 9.17) is 4.42 Å². The number of aromatic nitrogens is 2. The minimum Gasteiger partial charge on any atom is -0.445 e. The van der Waals surface area contributed by atoms with Crippen LogP contribution in [-0.2, 0) is 15.6 Å². The Labute approximate surface area is 99.4 Å². The molecule has 0 atom stereocenters. The number of aryl methyl sites for hydroxylation is 2. The topological polar surface area (TPSA) is 73.1 Å². The first-order valence-corrected chi connectivity index (χ1v) is 6.70. The molecule has 2 aromatic rings. The SMILES string of the molecule is Cc1nc(CS(=O)(=O)c2cccnc2)oc1C. The molecule has 0 aliphatic heterocycles. The zero-order chi connectivity index (χ0) is 12.5. The monoisotopic (exact) mass is 252 g/mol. The Balaban J connectivity index is 2.30. The molecule has 0 saturated carbocycles. The van der Waals surface area contributed by atoms with Gasteiger partial charge >= 0.3 is 0 Å². The summed E-state index contributed by atoms with van der Waals surface area (Å²) in [7, 11) is -3.44.